The molecule has 0 atom stereocenters. The van der Waals surface area contributed by atoms with Gasteiger partial charge in [-0.3, -0.25) is 19.9 Å². The van der Waals surface area contributed by atoms with Gasteiger partial charge < -0.3 is 9.80 Å². The Morgan fingerprint density at radius 1 is 1.06 bits per heavy atom. The molecule has 0 radical (unpaired) electrons. The maximum Gasteiger partial charge on any atom is 0.269 e. The van der Waals surface area contributed by atoms with Crippen LogP contribution in [0.1, 0.15) is 15.9 Å². The Kier molecular flexibility index (Phi) is 6.05. The highest BCUT2D eigenvalue weighted by molar-refractivity contribution is 6.32. The van der Waals surface area contributed by atoms with Crippen molar-refractivity contribution >= 4 is 39.8 Å². The van der Waals surface area contributed by atoms with E-state index in [1.165, 1.54) is 12.1 Å². The molecule has 3 heterocycles. The number of fused-ring (bicyclic) bond motifs is 1. The molecular formula is C26H22ClN5O3. The fraction of sp³-hybridized carbons (Fsp3) is 0.192. The summed E-state index contributed by atoms with van der Waals surface area (Å²) in [6, 6.07) is 15.7. The second-order valence-electron chi connectivity index (χ2n) is 8.42. The summed E-state index contributed by atoms with van der Waals surface area (Å²) >= 11 is 6.38. The first-order valence-electron chi connectivity index (χ1n) is 11.2. The maximum atomic E-state index is 13.7. The van der Waals surface area contributed by atoms with Crippen LogP contribution in [0, 0.1) is 17.0 Å². The number of piperazine rings is 1. The number of pyridine rings is 2. The first-order chi connectivity index (χ1) is 16.9. The normalized spacial score (nSPS) is 13.8. The van der Waals surface area contributed by atoms with E-state index >= 15 is 0 Å². The summed E-state index contributed by atoms with van der Waals surface area (Å²) in [5.74, 6) is -0.0624. The van der Waals surface area contributed by atoms with Crippen molar-refractivity contribution in [2.75, 3.05) is 31.1 Å². The van der Waals surface area contributed by atoms with E-state index in [2.05, 4.69) is 9.88 Å². The quantitative estimate of drug-likeness (QED) is 0.292. The zero-order valence-corrected chi connectivity index (χ0v) is 19.8. The van der Waals surface area contributed by atoms with Gasteiger partial charge >= 0.3 is 0 Å². The lowest BCUT2D eigenvalue weighted by Gasteiger charge is -2.36. The third kappa shape index (κ3) is 4.40. The number of hydrogen-bond acceptors (Lipinski definition) is 6. The van der Waals surface area contributed by atoms with E-state index < -0.39 is 4.92 Å². The number of non-ortho nitro benzene ring substituents is 1. The van der Waals surface area contributed by atoms with Crippen molar-refractivity contribution in [3.05, 3.63) is 93.3 Å². The summed E-state index contributed by atoms with van der Waals surface area (Å²) in [5.41, 5.74) is 4.57. The number of amides is 1. The van der Waals surface area contributed by atoms with Crippen LogP contribution in [-0.4, -0.2) is 51.9 Å². The minimum Gasteiger partial charge on any atom is -0.368 e. The SMILES string of the molecule is Cc1c(Cl)ccc2c(C(=O)N3CCN(c4ccc([N+](=O)[O-])cc4)CC3)cc(-c3cccnc3)nc12. The van der Waals surface area contributed by atoms with Gasteiger partial charge in [0.05, 0.1) is 21.7 Å². The fourth-order valence-corrected chi connectivity index (χ4v) is 4.52. The molecule has 1 saturated heterocycles. The molecule has 2 aromatic carbocycles. The number of nitro groups is 1. The Morgan fingerprint density at radius 2 is 1.80 bits per heavy atom. The van der Waals surface area contributed by atoms with E-state index in [9.17, 15) is 14.9 Å². The molecule has 9 heteroatoms. The summed E-state index contributed by atoms with van der Waals surface area (Å²) < 4.78 is 0. The molecule has 1 aliphatic heterocycles. The number of anilines is 1. The van der Waals surface area contributed by atoms with Crippen LogP contribution in [-0.2, 0) is 0 Å². The van der Waals surface area contributed by atoms with Crippen molar-refractivity contribution in [2.24, 2.45) is 0 Å². The molecule has 4 aromatic rings. The molecule has 0 unspecified atom stereocenters. The summed E-state index contributed by atoms with van der Waals surface area (Å²) in [4.78, 5) is 37.2. The second kappa shape index (κ2) is 9.31. The van der Waals surface area contributed by atoms with Crippen LogP contribution in [0.25, 0.3) is 22.2 Å². The van der Waals surface area contributed by atoms with Gasteiger partial charge in [-0.05, 0) is 48.9 Å². The van der Waals surface area contributed by atoms with Crippen molar-refractivity contribution in [2.45, 2.75) is 6.92 Å². The number of nitrogens with zero attached hydrogens (tertiary/aromatic N) is 5. The summed E-state index contributed by atoms with van der Waals surface area (Å²) in [6.45, 7) is 4.24. The molecule has 0 saturated carbocycles. The lowest BCUT2D eigenvalue weighted by Crippen LogP contribution is -2.48. The van der Waals surface area contributed by atoms with Gasteiger partial charge in [0.15, 0.2) is 0 Å². The summed E-state index contributed by atoms with van der Waals surface area (Å²) in [7, 11) is 0. The van der Waals surface area contributed by atoms with Gasteiger partial charge in [-0.2, -0.15) is 0 Å². The average Bonchev–Trinajstić information content (AvgIpc) is 2.90. The van der Waals surface area contributed by atoms with Gasteiger partial charge in [0.1, 0.15) is 0 Å². The van der Waals surface area contributed by atoms with Crippen LogP contribution in [0.5, 0.6) is 0 Å². The molecule has 0 N–H and O–H groups in total. The topological polar surface area (TPSA) is 92.5 Å². The minimum absolute atomic E-state index is 0.0620. The third-order valence-electron chi connectivity index (χ3n) is 6.35. The molecule has 0 bridgehead atoms. The van der Waals surface area contributed by atoms with Crippen molar-refractivity contribution in [1.82, 2.24) is 14.9 Å². The van der Waals surface area contributed by atoms with E-state index in [-0.39, 0.29) is 11.6 Å². The number of hydrogen-bond donors (Lipinski definition) is 0. The number of carbonyl (C=O) groups excluding carboxylic acids is 1. The molecule has 0 aliphatic carbocycles. The monoisotopic (exact) mass is 487 g/mol. The zero-order chi connectivity index (χ0) is 24.5. The van der Waals surface area contributed by atoms with E-state index in [1.807, 2.05) is 36.1 Å². The van der Waals surface area contributed by atoms with Crippen LogP contribution in [0.2, 0.25) is 5.02 Å². The van der Waals surface area contributed by atoms with Crippen molar-refractivity contribution in [3.63, 3.8) is 0 Å². The van der Waals surface area contributed by atoms with Gasteiger partial charge in [-0.15, -0.1) is 0 Å². The number of benzene rings is 2. The van der Waals surface area contributed by atoms with E-state index in [4.69, 9.17) is 16.6 Å². The van der Waals surface area contributed by atoms with Gasteiger partial charge in [0.25, 0.3) is 11.6 Å². The van der Waals surface area contributed by atoms with E-state index in [0.29, 0.717) is 48.0 Å². The van der Waals surface area contributed by atoms with E-state index in [1.54, 1.807) is 30.6 Å². The third-order valence-corrected chi connectivity index (χ3v) is 6.76. The molecule has 0 spiro atoms. The molecule has 176 valence electrons. The second-order valence-corrected chi connectivity index (χ2v) is 8.83. The maximum absolute atomic E-state index is 13.7. The van der Waals surface area contributed by atoms with Gasteiger partial charge in [-0.25, -0.2) is 4.98 Å². The molecule has 1 aliphatic rings. The molecule has 35 heavy (non-hydrogen) atoms. The van der Waals surface area contributed by atoms with Crippen LogP contribution in [0.4, 0.5) is 11.4 Å². The Hall–Kier alpha value is -4.04. The Balaban J connectivity index is 1.44. The van der Waals surface area contributed by atoms with Crippen molar-refractivity contribution < 1.29 is 9.72 Å². The first-order valence-corrected chi connectivity index (χ1v) is 11.6. The molecule has 2 aromatic heterocycles. The lowest BCUT2D eigenvalue weighted by molar-refractivity contribution is -0.384. The number of nitro benzene ring substituents is 1. The lowest BCUT2D eigenvalue weighted by atomic mass is 10.0. The number of halogens is 1. The van der Waals surface area contributed by atoms with Gasteiger partial charge in [-0.1, -0.05) is 17.7 Å². The summed E-state index contributed by atoms with van der Waals surface area (Å²) in [6.07, 6.45) is 3.43. The first kappa shape index (κ1) is 22.7. The van der Waals surface area contributed by atoms with Crippen LogP contribution < -0.4 is 4.90 Å². The van der Waals surface area contributed by atoms with Gasteiger partial charge in [0.2, 0.25) is 0 Å². The van der Waals surface area contributed by atoms with E-state index in [0.717, 1.165) is 22.2 Å². The molecule has 8 nitrogen and oxygen atoms in total. The van der Waals surface area contributed by atoms with Crippen LogP contribution in [0.15, 0.2) is 67.0 Å². The zero-order valence-electron chi connectivity index (χ0n) is 19.0. The number of aryl methyl sites for hydroxylation is 1. The highest BCUT2D eigenvalue weighted by atomic mass is 35.5. The average molecular weight is 488 g/mol. The highest BCUT2D eigenvalue weighted by Gasteiger charge is 2.25. The summed E-state index contributed by atoms with van der Waals surface area (Å²) in [5, 5.41) is 12.3. The Bertz CT molecular complexity index is 1420. The molecule has 1 fully saturated rings. The van der Waals surface area contributed by atoms with Crippen LogP contribution in [0.3, 0.4) is 0 Å². The Morgan fingerprint density at radius 3 is 2.46 bits per heavy atom. The van der Waals surface area contributed by atoms with Crippen molar-refractivity contribution in [3.8, 4) is 11.3 Å². The fourth-order valence-electron chi connectivity index (χ4n) is 4.37. The predicted molar refractivity (Wildman–Crippen MR) is 136 cm³/mol. The number of rotatable bonds is 4. The Labute approximate surface area is 206 Å². The van der Waals surface area contributed by atoms with Gasteiger partial charge in [0, 0.05) is 72.4 Å². The van der Waals surface area contributed by atoms with Crippen molar-refractivity contribution in [1.29, 1.82) is 0 Å². The molecule has 5 rings (SSSR count). The highest BCUT2D eigenvalue weighted by Crippen LogP contribution is 2.31. The minimum atomic E-state index is -0.409. The molecular weight excluding hydrogens is 466 g/mol. The number of carbonyl (C=O) groups is 1. The number of aromatic nitrogens is 2. The van der Waals surface area contributed by atoms with Crippen LogP contribution >= 0.6 is 11.6 Å². The smallest absolute Gasteiger partial charge is 0.269 e. The standard InChI is InChI=1S/C26H22ClN5O3/c1-17-23(27)9-8-21-22(15-24(29-25(17)21)18-3-2-10-28-16-18)26(33)31-13-11-30(12-14-31)19-4-6-20(7-5-19)32(34)35/h2-10,15-16H,11-14H2,1H3. The molecule has 1 amide bonds. The largest absolute Gasteiger partial charge is 0.368 e. The predicted octanol–water partition coefficient (Wildman–Crippen LogP) is 5.13.